The third-order valence-corrected chi connectivity index (χ3v) is 5.55. The summed E-state index contributed by atoms with van der Waals surface area (Å²) in [7, 11) is 0. The number of Topliss-reactive ketones (excluding diaryl/α,β-unsaturated/α-hetero) is 1. The molecule has 0 atom stereocenters. The molecule has 4 nitrogen and oxygen atoms in total. The molecule has 1 aliphatic heterocycles. The van der Waals surface area contributed by atoms with Crippen molar-refractivity contribution in [2.45, 2.75) is 26.2 Å². The first-order chi connectivity index (χ1) is 14.0. The lowest BCUT2D eigenvalue weighted by atomic mass is 10.0. The van der Waals surface area contributed by atoms with E-state index >= 15 is 0 Å². The van der Waals surface area contributed by atoms with Crippen LogP contribution in [0.15, 0.2) is 65.7 Å². The van der Waals surface area contributed by atoms with Crippen molar-refractivity contribution in [2.24, 2.45) is 0 Å². The van der Waals surface area contributed by atoms with E-state index in [0.717, 1.165) is 10.4 Å². The molecular formula is C24H20O4S. The van der Waals surface area contributed by atoms with Gasteiger partial charge in [-0.15, -0.1) is 11.3 Å². The molecule has 0 radical (unpaired) electrons. The third kappa shape index (κ3) is 4.30. The van der Waals surface area contributed by atoms with Crippen LogP contribution >= 0.6 is 11.3 Å². The second-order valence-electron chi connectivity index (χ2n) is 7.15. The second kappa shape index (κ2) is 8.05. The van der Waals surface area contributed by atoms with Crippen LogP contribution in [-0.4, -0.2) is 11.8 Å². The number of rotatable bonds is 5. The molecule has 0 saturated heterocycles. The highest BCUT2D eigenvalue weighted by molar-refractivity contribution is 7.10. The summed E-state index contributed by atoms with van der Waals surface area (Å²) in [4.78, 5) is 25.7. The van der Waals surface area contributed by atoms with Gasteiger partial charge in [-0.2, -0.15) is 0 Å². The molecular weight excluding hydrogens is 384 g/mol. The predicted octanol–water partition coefficient (Wildman–Crippen LogP) is 5.64. The number of carbonyl (C=O) groups excluding carboxylic acids is 2. The highest BCUT2D eigenvalue weighted by Gasteiger charge is 2.28. The van der Waals surface area contributed by atoms with Gasteiger partial charge < -0.3 is 9.47 Å². The molecule has 3 aromatic rings. The Labute approximate surface area is 173 Å². The van der Waals surface area contributed by atoms with Gasteiger partial charge in [0.2, 0.25) is 5.78 Å². The lowest BCUT2D eigenvalue weighted by Gasteiger charge is -2.05. The minimum absolute atomic E-state index is 0.176. The summed E-state index contributed by atoms with van der Waals surface area (Å²) in [5, 5.41) is 1.92. The van der Waals surface area contributed by atoms with E-state index in [1.54, 1.807) is 24.3 Å². The summed E-state index contributed by atoms with van der Waals surface area (Å²) in [6, 6.07) is 16.7. The summed E-state index contributed by atoms with van der Waals surface area (Å²) in [5.74, 6) is 0.954. The SMILES string of the molecule is CC(C)c1ccc(/C=C2\Oc3cc(OC(=O)Cc4cccs4)ccc3C2=O)cc1. The normalized spacial score (nSPS) is 14.2. The third-order valence-electron chi connectivity index (χ3n) is 4.67. The van der Waals surface area contributed by atoms with Crippen LogP contribution in [0.5, 0.6) is 11.5 Å². The number of hydrogen-bond acceptors (Lipinski definition) is 5. The average molecular weight is 404 g/mol. The number of ether oxygens (including phenoxy) is 2. The molecule has 4 rings (SSSR count). The summed E-state index contributed by atoms with van der Waals surface area (Å²) in [6.07, 6.45) is 1.95. The van der Waals surface area contributed by atoms with Crippen molar-refractivity contribution in [3.8, 4) is 11.5 Å². The zero-order chi connectivity index (χ0) is 20.4. The Bertz CT molecular complexity index is 1080. The molecule has 0 spiro atoms. The fourth-order valence-corrected chi connectivity index (χ4v) is 3.77. The van der Waals surface area contributed by atoms with E-state index in [1.807, 2.05) is 29.6 Å². The number of hydrogen-bond donors (Lipinski definition) is 0. The number of carbonyl (C=O) groups is 2. The predicted molar refractivity (Wildman–Crippen MR) is 114 cm³/mol. The van der Waals surface area contributed by atoms with Crippen LogP contribution in [0.1, 0.15) is 46.1 Å². The molecule has 1 aliphatic rings. The topological polar surface area (TPSA) is 52.6 Å². The molecule has 0 N–H and O–H groups in total. The Morgan fingerprint density at radius 1 is 1.14 bits per heavy atom. The first-order valence-corrected chi connectivity index (χ1v) is 10.3. The number of benzene rings is 2. The van der Waals surface area contributed by atoms with Gasteiger partial charge >= 0.3 is 5.97 Å². The summed E-state index contributed by atoms with van der Waals surface area (Å²) in [6.45, 7) is 4.27. The van der Waals surface area contributed by atoms with E-state index in [1.165, 1.54) is 16.9 Å². The zero-order valence-electron chi connectivity index (χ0n) is 16.2. The lowest BCUT2D eigenvalue weighted by Crippen LogP contribution is -2.10. The molecule has 2 heterocycles. The Morgan fingerprint density at radius 2 is 1.93 bits per heavy atom. The number of fused-ring (bicyclic) bond motifs is 1. The van der Waals surface area contributed by atoms with Crippen molar-refractivity contribution in [3.63, 3.8) is 0 Å². The van der Waals surface area contributed by atoms with E-state index < -0.39 is 0 Å². The molecule has 0 aliphatic carbocycles. The van der Waals surface area contributed by atoms with Crippen LogP contribution in [0.4, 0.5) is 0 Å². The fraction of sp³-hybridized carbons (Fsp3) is 0.167. The van der Waals surface area contributed by atoms with Crippen molar-refractivity contribution in [1.82, 2.24) is 0 Å². The van der Waals surface area contributed by atoms with E-state index in [9.17, 15) is 9.59 Å². The van der Waals surface area contributed by atoms with Crippen molar-refractivity contribution in [2.75, 3.05) is 0 Å². The van der Waals surface area contributed by atoms with E-state index in [4.69, 9.17) is 9.47 Å². The van der Waals surface area contributed by atoms with Crippen LogP contribution in [0.25, 0.3) is 6.08 Å². The van der Waals surface area contributed by atoms with Gasteiger partial charge in [-0.3, -0.25) is 9.59 Å². The minimum atomic E-state index is -0.349. The first kappa shape index (κ1) is 19.2. The monoisotopic (exact) mass is 404 g/mol. The van der Waals surface area contributed by atoms with Crippen molar-refractivity contribution < 1.29 is 19.1 Å². The van der Waals surface area contributed by atoms with Gasteiger partial charge in [0.25, 0.3) is 0 Å². The molecule has 2 aromatic carbocycles. The molecule has 0 fully saturated rings. The van der Waals surface area contributed by atoms with Crippen molar-refractivity contribution in [3.05, 3.63) is 87.3 Å². The second-order valence-corrected chi connectivity index (χ2v) is 8.18. The Kier molecular flexibility index (Phi) is 5.32. The van der Waals surface area contributed by atoms with E-state index in [0.29, 0.717) is 23.0 Å². The zero-order valence-corrected chi connectivity index (χ0v) is 17.0. The Morgan fingerprint density at radius 3 is 2.62 bits per heavy atom. The standard InChI is InChI=1S/C24H20O4S/c1-15(2)17-7-5-16(6-8-17)12-22-24(26)20-10-9-18(13-21(20)28-22)27-23(25)14-19-4-3-11-29-19/h3-13,15H,14H2,1-2H3/b22-12-. The van der Waals surface area contributed by atoms with Gasteiger partial charge in [-0.05, 0) is 46.7 Å². The highest BCUT2D eigenvalue weighted by Crippen LogP contribution is 2.35. The molecule has 0 unspecified atom stereocenters. The maximum Gasteiger partial charge on any atom is 0.316 e. The molecule has 5 heteroatoms. The number of esters is 1. The molecule has 1 aromatic heterocycles. The number of thiophene rings is 1. The highest BCUT2D eigenvalue weighted by atomic mass is 32.1. The summed E-state index contributed by atoms with van der Waals surface area (Å²) >= 11 is 1.51. The largest absolute Gasteiger partial charge is 0.452 e. The van der Waals surface area contributed by atoms with Crippen LogP contribution in [0, 0.1) is 0 Å². The fourth-order valence-electron chi connectivity index (χ4n) is 3.08. The number of ketones is 1. The molecule has 0 saturated carbocycles. The lowest BCUT2D eigenvalue weighted by molar-refractivity contribution is -0.133. The first-order valence-electron chi connectivity index (χ1n) is 9.41. The van der Waals surface area contributed by atoms with Crippen molar-refractivity contribution in [1.29, 1.82) is 0 Å². The maximum absolute atomic E-state index is 12.6. The number of allylic oxidation sites excluding steroid dienone is 1. The minimum Gasteiger partial charge on any atom is -0.452 e. The molecule has 0 bridgehead atoms. The van der Waals surface area contributed by atoms with Gasteiger partial charge in [-0.25, -0.2) is 0 Å². The molecule has 29 heavy (non-hydrogen) atoms. The quantitative estimate of drug-likeness (QED) is 0.314. The smallest absolute Gasteiger partial charge is 0.316 e. The van der Waals surface area contributed by atoms with Crippen LogP contribution in [0.2, 0.25) is 0 Å². The van der Waals surface area contributed by atoms with Crippen LogP contribution in [0.3, 0.4) is 0 Å². The average Bonchev–Trinajstić information content (AvgIpc) is 3.30. The summed E-state index contributed by atoms with van der Waals surface area (Å²) < 4.78 is 11.1. The maximum atomic E-state index is 12.6. The van der Waals surface area contributed by atoms with Gasteiger partial charge in [-0.1, -0.05) is 44.2 Å². The molecule has 146 valence electrons. The molecule has 0 amide bonds. The van der Waals surface area contributed by atoms with Gasteiger partial charge in [0.15, 0.2) is 5.76 Å². The Balaban J connectivity index is 1.48. The van der Waals surface area contributed by atoms with E-state index in [-0.39, 0.29) is 23.9 Å². The Hall–Kier alpha value is -3.18. The van der Waals surface area contributed by atoms with Crippen LogP contribution in [-0.2, 0) is 11.2 Å². The van der Waals surface area contributed by atoms with Gasteiger partial charge in [0.05, 0.1) is 12.0 Å². The summed E-state index contributed by atoms with van der Waals surface area (Å²) in [5.41, 5.74) is 2.60. The van der Waals surface area contributed by atoms with Crippen molar-refractivity contribution >= 4 is 29.2 Å². The van der Waals surface area contributed by atoms with Crippen LogP contribution < -0.4 is 9.47 Å². The van der Waals surface area contributed by atoms with E-state index in [2.05, 4.69) is 26.0 Å². The van der Waals surface area contributed by atoms with Gasteiger partial charge in [0, 0.05) is 10.9 Å². The van der Waals surface area contributed by atoms with Gasteiger partial charge in [0.1, 0.15) is 11.5 Å².